The van der Waals surface area contributed by atoms with E-state index in [0.29, 0.717) is 5.56 Å². The number of benzene rings is 1. The Hall–Kier alpha value is -2.21. The first-order valence-electron chi connectivity index (χ1n) is 6.17. The molecule has 0 radical (unpaired) electrons. The monoisotopic (exact) mass is 277 g/mol. The van der Waals surface area contributed by atoms with E-state index in [1.165, 1.54) is 0 Å². The Morgan fingerprint density at radius 1 is 1.35 bits per heavy atom. The SMILES string of the molecule is CC1(c2ccccc2)CC(=O)N(CC(O)C(=O)O)C1=O. The molecule has 2 N–H and O–H groups in total. The lowest BCUT2D eigenvalue weighted by molar-refractivity contribution is -0.150. The van der Waals surface area contributed by atoms with Crippen LogP contribution in [0, 0.1) is 0 Å². The summed E-state index contributed by atoms with van der Waals surface area (Å²) in [6.45, 7) is 1.13. The van der Waals surface area contributed by atoms with Gasteiger partial charge in [0.15, 0.2) is 6.10 Å². The number of hydrogen-bond acceptors (Lipinski definition) is 4. The third kappa shape index (κ3) is 2.30. The van der Waals surface area contributed by atoms with Gasteiger partial charge in [-0.1, -0.05) is 30.3 Å². The number of aliphatic hydroxyl groups excluding tert-OH is 1. The predicted octanol–water partition coefficient (Wildman–Crippen LogP) is 0.149. The van der Waals surface area contributed by atoms with Crippen LogP contribution >= 0.6 is 0 Å². The highest BCUT2D eigenvalue weighted by molar-refractivity contribution is 6.09. The number of imide groups is 1. The summed E-state index contributed by atoms with van der Waals surface area (Å²) in [6, 6.07) is 8.85. The van der Waals surface area contributed by atoms with Crippen LogP contribution < -0.4 is 0 Å². The van der Waals surface area contributed by atoms with E-state index in [-0.39, 0.29) is 6.42 Å². The van der Waals surface area contributed by atoms with Crippen molar-refractivity contribution >= 4 is 17.8 Å². The van der Waals surface area contributed by atoms with Gasteiger partial charge in [-0.3, -0.25) is 14.5 Å². The third-order valence-corrected chi connectivity index (χ3v) is 3.57. The van der Waals surface area contributed by atoms with E-state index in [2.05, 4.69) is 0 Å². The minimum Gasteiger partial charge on any atom is -0.479 e. The molecule has 6 heteroatoms. The Bertz CT molecular complexity index is 556. The molecule has 0 spiro atoms. The first-order valence-corrected chi connectivity index (χ1v) is 6.17. The average Bonchev–Trinajstić information content (AvgIpc) is 2.64. The Kier molecular flexibility index (Phi) is 3.59. The van der Waals surface area contributed by atoms with Gasteiger partial charge in [-0.15, -0.1) is 0 Å². The Labute approximate surface area is 115 Å². The standard InChI is InChI=1S/C14H15NO5/c1-14(9-5-3-2-4-6-9)7-11(17)15(13(14)20)8-10(16)12(18)19/h2-6,10,16H,7-8H2,1H3,(H,18,19). The van der Waals surface area contributed by atoms with E-state index in [0.717, 1.165) is 4.90 Å². The van der Waals surface area contributed by atoms with Crippen molar-refractivity contribution in [2.75, 3.05) is 6.54 Å². The molecule has 1 saturated heterocycles. The first-order chi connectivity index (χ1) is 9.36. The number of carboxylic acids is 1. The van der Waals surface area contributed by atoms with E-state index in [9.17, 15) is 19.5 Å². The molecule has 1 aliphatic rings. The second-order valence-corrected chi connectivity index (χ2v) is 5.04. The summed E-state index contributed by atoms with van der Waals surface area (Å²) in [5.41, 5.74) is -0.304. The molecule has 0 aromatic heterocycles. The van der Waals surface area contributed by atoms with E-state index in [4.69, 9.17) is 5.11 Å². The van der Waals surface area contributed by atoms with Crippen molar-refractivity contribution in [3.8, 4) is 0 Å². The Morgan fingerprint density at radius 3 is 2.50 bits per heavy atom. The number of likely N-dealkylation sites (tertiary alicyclic amines) is 1. The van der Waals surface area contributed by atoms with Crippen LogP contribution in [0.1, 0.15) is 18.9 Å². The van der Waals surface area contributed by atoms with Crippen molar-refractivity contribution in [1.82, 2.24) is 4.90 Å². The fourth-order valence-electron chi connectivity index (χ4n) is 2.35. The summed E-state index contributed by atoms with van der Waals surface area (Å²) in [7, 11) is 0. The summed E-state index contributed by atoms with van der Waals surface area (Å²) in [5.74, 6) is -2.41. The van der Waals surface area contributed by atoms with Gasteiger partial charge in [0, 0.05) is 6.42 Å². The summed E-state index contributed by atoms with van der Waals surface area (Å²) >= 11 is 0. The highest BCUT2D eigenvalue weighted by Gasteiger charge is 2.49. The molecule has 106 valence electrons. The zero-order valence-electron chi connectivity index (χ0n) is 10.9. The van der Waals surface area contributed by atoms with Crippen molar-refractivity contribution in [3.63, 3.8) is 0 Å². The van der Waals surface area contributed by atoms with Crippen LogP contribution in [0.4, 0.5) is 0 Å². The van der Waals surface area contributed by atoms with Crippen LogP contribution in [-0.4, -0.2) is 45.5 Å². The van der Waals surface area contributed by atoms with Crippen LogP contribution in [0.25, 0.3) is 0 Å². The van der Waals surface area contributed by atoms with E-state index >= 15 is 0 Å². The van der Waals surface area contributed by atoms with Crippen molar-refractivity contribution in [3.05, 3.63) is 35.9 Å². The van der Waals surface area contributed by atoms with Gasteiger partial charge in [0.2, 0.25) is 11.8 Å². The van der Waals surface area contributed by atoms with Crippen molar-refractivity contribution < 1.29 is 24.6 Å². The van der Waals surface area contributed by atoms with Crippen molar-refractivity contribution in [2.45, 2.75) is 24.9 Å². The lowest BCUT2D eigenvalue weighted by Crippen LogP contribution is -2.43. The fraction of sp³-hybridized carbons (Fsp3) is 0.357. The minimum atomic E-state index is -1.76. The number of β-amino-alcohol motifs (C(OH)–C–C–N with tert-alkyl or cyclic N) is 1. The maximum atomic E-state index is 12.4. The molecule has 1 aliphatic heterocycles. The van der Waals surface area contributed by atoms with Crippen LogP contribution in [0.15, 0.2) is 30.3 Å². The highest BCUT2D eigenvalue weighted by Crippen LogP contribution is 2.36. The number of carbonyl (C=O) groups excluding carboxylic acids is 2. The highest BCUT2D eigenvalue weighted by atomic mass is 16.4. The van der Waals surface area contributed by atoms with Gasteiger partial charge in [0.05, 0.1) is 12.0 Å². The quantitative estimate of drug-likeness (QED) is 0.764. The molecule has 1 aromatic carbocycles. The summed E-state index contributed by atoms with van der Waals surface area (Å²) < 4.78 is 0. The smallest absolute Gasteiger partial charge is 0.334 e. The number of amides is 2. The number of carbonyl (C=O) groups is 3. The average molecular weight is 277 g/mol. The predicted molar refractivity (Wildman–Crippen MR) is 68.8 cm³/mol. The topological polar surface area (TPSA) is 94.9 Å². The normalized spacial score (nSPS) is 24.0. The van der Waals surface area contributed by atoms with Gasteiger partial charge in [-0.2, -0.15) is 0 Å². The number of hydrogen-bond donors (Lipinski definition) is 2. The molecule has 0 aliphatic carbocycles. The first kappa shape index (κ1) is 14.2. The van der Waals surface area contributed by atoms with E-state index in [1.54, 1.807) is 37.3 Å². The van der Waals surface area contributed by atoms with Crippen LogP contribution in [0.3, 0.4) is 0 Å². The number of aliphatic carboxylic acids is 1. The molecule has 2 amide bonds. The Morgan fingerprint density at radius 2 is 1.95 bits per heavy atom. The lowest BCUT2D eigenvalue weighted by Gasteiger charge is -2.23. The maximum Gasteiger partial charge on any atom is 0.334 e. The fourth-order valence-corrected chi connectivity index (χ4v) is 2.35. The molecule has 6 nitrogen and oxygen atoms in total. The minimum absolute atomic E-state index is 0.0256. The summed E-state index contributed by atoms with van der Waals surface area (Å²) in [4.78, 5) is 35.8. The third-order valence-electron chi connectivity index (χ3n) is 3.57. The summed E-state index contributed by atoms with van der Waals surface area (Å²) in [6.07, 6.45) is -1.79. The zero-order valence-corrected chi connectivity index (χ0v) is 10.9. The van der Waals surface area contributed by atoms with Gasteiger partial charge in [-0.25, -0.2) is 4.79 Å². The lowest BCUT2D eigenvalue weighted by atomic mass is 9.81. The van der Waals surface area contributed by atoms with Crippen molar-refractivity contribution in [1.29, 1.82) is 0 Å². The molecule has 0 bridgehead atoms. The zero-order chi connectivity index (χ0) is 14.9. The number of rotatable bonds is 4. The molecule has 0 saturated carbocycles. The second kappa shape index (κ2) is 5.05. The van der Waals surface area contributed by atoms with Crippen LogP contribution in [0.2, 0.25) is 0 Å². The largest absolute Gasteiger partial charge is 0.479 e. The molecular weight excluding hydrogens is 262 g/mol. The molecule has 2 rings (SSSR count). The summed E-state index contributed by atoms with van der Waals surface area (Å²) in [5, 5.41) is 18.0. The number of aliphatic hydroxyl groups is 1. The molecule has 2 unspecified atom stereocenters. The Balaban J connectivity index is 2.27. The van der Waals surface area contributed by atoms with Gasteiger partial charge in [-0.05, 0) is 12.5 Å². The van der Waals surface area contributed by atoms with Crippen LogP contribution in [0.5, 0.6) is 0 Å². The van der Waals surface area contributed by atoms with Gasteiger partial charge >= 0.3 is 5.97 Å². The maximum absolute atomic E-state index is 12.4. The molecule has 20 heavy (non-hydrogen) atoms. The number of carboxylic acid groups (broad SMARTS) is 1. The molecule has 1 fully saturated rings. The number of nitrogens with zero attached hydrogens (tertiary/aromatic N) is 1. The van der Waals surface area contributed by atoms with Crippen LogP contribution in [-0.2, 0) is 19.8 Å². The van der Waals surface area contributed by atoms with Crippen molar-refractivity contribution in [2.24, 2.45) is 0 Å². The molecular formula is C14H15NO5. The van der Waals surface area contributed by atoms with Gasteiger partial charge < -0.3 is 10.2 Å². The van der Waals surface area contributed by atoms with Gasteiger partial charge in [0.25, 0.3) is 0 Å². The van der Waals surface area contributed by atoms with E-state index in [1.807, 2.05) is 0 Å². The second-order valence-electron chi connectivity index (χ2n) is 5.04. The molecule has 1 aromatic rings. The van der Waals surface area contributed by atoms with Gasteiger partial charge in [0.1, 0.15) is 0 Å². The molecule has 1 heterocycles. The van der Waals surface area contributed by atoms with E-state index < -0.39 is 35.8 Å². The molecule has 2 atom stereocenters.